The number of hydrogen-bond donors (Lipinski definition) is 3. The highest BCUT2D eigenvalue weighted by molar-refractivity contribution is 5.93. The number of hydrogen-bond acceptors (Lipinski definition) is 4. The van der Waals surface area contributed by atoms with Gasteiger partial charge >= 0.3 is 0 Å². The Morgan fingerprint density at radius 3 is 2.83 bits per heavy atom. The molecule has 0 saturated carbocycles. The van der Waals surface area contributed by atoms with Crippen molar-refractivity contribution in [3.63, 3.8) is 0 Å². The van der Waals surface area contributed by atoms with Crippen LogP contribution in [-0.4, -0.2) is 29.5 Å². The van der Waals surface area contributed by atoms with Gasteiger partial charge in [-0.05, 0) is 25.6 Å². The molecule has 23 heavy (non-hydrogen) atoms. The molecule has 0 radical (unpaired) electrons. The Labute approximate surface area is 135 Å². The molecule has 2 rings (SSSR count). The molecule has 0 aliphatic rings. The number of benzene rings is 1. The van der Waals surface area contributed by atoms with Crippen LogP contribution >= 0.6 is 0 Å². The van der Waals surface area contributed by atoms with Gasteiger partial charge < -0.3 is 15.6 Å². The van der Waals surface area contributed by atoms with E-state index in [0.29, 0.717) is 24.5 Å². The van der Waals surface area contributed by atoms with E-state index in [1.165, 1.54) is 6.07 Å². The van der Waals surface area contributed by atoms with E-state index in [-0.39, 0.29) is 17.4 Å². The SMILES string of the molecule is CCc1cc(=O)[nH]c(-c2cccc(NC(=O)C(C)CNC)c2)n1. The minimum atomic E-state index is -0.177. The lowest BCUT2D eigenvalue weighted by Gasteiger charge is -2.12. The van der Waals surface area contributed by atoms with Crippen LogP contribution in [0.3, 0.4) is 0 Å². The second-order valence-electron chi connectivity index (χ2n) is 5.47. The lowest BCUT2D eigenvalue weighted by molar-refractivity contribution is -0.119. The molecule has 3 N–H and O–H groups in total. The average Bonchev–Trinajstić information content (AvgIpc) is 2.54. The van der Waals surface area contributed by atoms with Crippen molar-refractivity contribution in [2.24, 2.45) is 5.92 Å². The minimum absolute atomic E-state index is 0.0553. The van der Waals surface area contributed by atoms with Crippen molar-refractivity contribution in [1.82, 2.24) is 15.3 Å². The van der Waals surface area contributed by atoms with Gasteiger partial charge in [0.1, 0.15) is 5.82 Å². The molecule has 2 aromatic rings. The van der Waals surface area contributed by atoms with Gasteiger partial charge in [0.05, 0.1) is 0 Å². The van der Waals surface area contributed by atoms with E-state index >= 15 is 0 Å². The van der Waals surface area contributed by atoms with E-state index in [0.717, 1.165) is 11.3 Å². The maximum Gasteiger partial charge on any atom is 0.251 e. The molecule has 6 nitrogen and oxygen atoms in total. The summed E-state index contributed by atoms with van der Waals surface area (Å²) in [6.45, 7) is 4.42. The summed E-state index contributed by atoms with van der Waals surface area (Å²) in [6, 6.07) is 8.79. The third-order valence-corrected chi connectivity index (χ3v) is 3.52. The van der Waals surface area contributed by atoms with Crippen LogP contribution < -0.4 is 16.2 Å². The molecular formula is C17H22N4O2. The number of carbonyl (C=O) groups is 1. The quantitative estimate of drug-likeness (QED) is 0.759. The first kappa shape index (κ1) is 16.9. The Morgan fingerprint density at radius 1 is 1.35 bits per heavy atom. The first-order valence-electron chi connectivity index (χ1n) is 7.69. The molecule has 0 saturated heterocycles. The van der Waals surface area contributed by atoms with Crippen LogP contribution in [0.15, 0.2) is 35.1 Å². The van der Waals surface area contributed by atoms with E-state index in [1.54, 1.807) is 0 Å². The first-order chi connectivity index (χ1) is 11.0. The highest BCUT2D eigenvalue weighted by Gasteiger charge is 2.12. The zero-order valence-electron chi connectivity index (χ0n) is 13.6. The van der Waals surface area contributed by atoms with Gasteiger partial charge in [-0.3, -0.25) is 9.59 Å². The second kappa shape index (κ2) is 7.69. The van der Waals surface area contributed by atoms with Gasteiger partial charge in [-0.2, -0.15) is 0 Å². The first-order valence-corrected chi connectivity index (χ1v) is 7.69. The molecule has 0 fully saturated rings. The van der Waals surface area contributed by atoms with Crippen molar-refractivity contribution in [1.29, 1.82) is 0 Å². The van der Waals surface area contributed by atoms with E-state index in [4.69, 9.17) is 0 Å². The Hall–Kier alpha value is -2.47. The number of nitrogens with one attached hydrogen (secondary N) is 3. The number of aromatic nitrogens is 2. The van der Waals surface area contributed by atoms with Crippen molar-refractivity contribution in [3.8, 4) is 11.4 Å². The van der Waals surface area contributed by atoms with E-state index in [1.807, 2.05) is 45.2 Å². The summed E-state index contributed by atoms with van der Waals surface area (Å²) in [4.78, 5) is 30.9. The largest absolute Gasteiger partial charge is 0.326 e. The second-order valence-corrected chi connectivity index (χ2v) is 5.47. The summed E-state index contributed by atoms with van der Waals surface area (Å²) in [5, 5.41) is 5.86. The van der Waals surface area contributed by atoms with Crippen molar-refractivity contribution in [2.45, 2.75) is 20.3 Å². The molecule has 0 aliphatic carbocycles. The lowest BCUT2D eigenvalue weighted by atomic mass is 10.1. The van der Waals surface area contributed by atoms with Gasteiger partial charge in [0.15, 0.2) is 0 Å². The van der Waals surface area contributed by atoms with Crippen molar-refractivity contribution >= 4 is 11.6 Å². The maximum atomic E-state index is 12.1. The van der Waals surface area contributed by atoms with Gasteiger partial charge in [-0.25, -0.2) is 4.98 Å². The predicted molar refractivity (Wildman–Crippen MR) is 91.4 cm³/mol. The number of aromatic amines is 1. The average molecular weight is 314 g/mol. The van der Waals surface area contributed by atoms with Gasteiger partial charge in [-0.15, -0.1) is 0 Å². The Kier molecular flexibility index (Phi) is 5.65. The fourth-order valence-electron chi connectivity index (χ4n) is 2.23. The molecule has 1 aromatic heterocycles. The van der Waals surface area contributed by atoms with Crippen LogP contribution in [0.5, 0.6) is 0 Å². The highest BCUT2D eigenvalue weighted by atomic mass is 16.2. The van der Waals surface area contributed by atoms with E-state index < -0.39 is 0 Å². The zero-order valence-corrected chi connectivity index (χ0v) is 13.6. The van der Waals surface area contributed by atoms with Crippen LogP contribution in [0.1, 0.15) is 19.5 Å². The molecule has 0 bridgehead atoms. The van der Waals surface area contributed by atoms with E-state index in [2.05, 4.69) is 20.6 Å². The number of carbonyl (C=O) groups excluding carboxylic acids is 1. The smallest absolute Gasteiger partial charge is 0.251 e. The van der Waals surface area contributed by atoms with Gasteiger partial charge in [0.25, 0.3) is 5.56 Å². The van der Waals surface area contributed by atoms with Crippen molar-refractivity contribution < 1.29 is 4.79 Å². The highest BCUT2D eigenvalue weighted by Crippen LogP contribution is 2.19. The third-order valence-electron chi connectivity index (χ3n) is 3.52. The molecule has 1 heterocycles. The Bertz CT molecular complexity index is 739. The summed E-state index contributed by atoms with van der Waals surface area (Å²) < 4.78 is 0. The number of H-pyrrole nitrogens is 1. The maximum absolute atomic E-state index is 12.1. The summed E-state index contributed by atoms with van der Waals surface area (Å²) >= 11 is 0. The van der Waals surface area contributed by atoms with Crippen LogP contribution in [0.25, 0.3) is 11.4 Å². The molecule has 6 heteroatoms. The summed E-state index contributed by atoms with van der Waals surface area (Å²) in [5.41, 5.74) is 2.00. The molecular weight excluding hydrogens is 292 g/mol. The number of rotatable bonds is 6. The summed E-state index contributed by atoms with van der Waals surface area (Å²) in [5.74, 6) is 0.319. The minimum Gasteiger partial charge on any atom is -0.326 e. The van der Waals surface area contributed by atoms with Crippen molar-refractivity contribution in [2.75, 3.05) is 18.9 Å². The van der Waals surface area contributed by atoms with Gasteiger partial charge in [0, 0.05) is 35.5 Å². The summed E-state index contributed by atoms with van der Waals surface area (Å²) in [7, 11) is 1.81. The van der Waals surface area contributed by atoms with Gasteiger partial charge in [-0.1, -0.05) is 26.0 Å². The molecule has 1 amide bonds. The molecule has 1 atom stereocenters. The standard InChI is InChI=1S/C17H22N4O2/c1-4-13-9-15(22)21-16(19-13)12-6-5-7-14(8-12)20-17(23)11(2)10-18-3/h5-9,11,18H,4,10H2,1-3H3,(H,20,23)(H,19,21,22). The fraction of sp³-hybridized carbons (Fsp3) is 0.353. The molecule has 1 unspecified atom stereocenters. The number of anilines is 1. The lowest BCUT2D eigenvalue weighted by Crippen LogP contribution is -2.28. The summed E-state index contributed by atoms with van der Waals surface area (Å²) in [6.07, 6.45) is 0.689. The van der Waals surface area contributed by atoms with Crippen LogP contribution in [0.4, 0.5) is 5.69 Å². The molecule has 122 valence electrons. The number of aryl methyl sites for hydroxylation is 1. The Morgan fingerprint density at radius 2 is 2.13 bits per heavy atom. The Balaban J connectivity index is 2.25. The molecule has 0 spiro atoms. The normalized spacial score (nSPS) is 12.0. The van der Waals surface area contributed by atoms with Crippen molar-refractivity contribution in [3.05, 3.63) is 46.4 Å². The van der Waals surface area contributed by atoms with Crippen LogP contribution in [0, 0.1) is 5.92 Å². The zero-order chi connectivity index (χ0) is 16.8. The predicted octanol–water partition coefficient (Wildman–Crippen LogP) is 1.79. The topological polar surface area (TPSA) is 86.9 Å². The monoisotopic (exact) mass is 314 g/mol. The molecule has 0 aliphatic heterocycles. The van der Waals surface area contributed by atoms with E-state index in [9.17, 15) is 9.59 Å². The van der Waals surface area contributed by atoms with Crippen LogP contribution in [-0.2, 0) is 11.2 Å². The van der Waals surface area contributed by atoms with Crippen LogP contribution in [0.2, 0.25) is 0 Å². The fourth-order valence-corrected chi connectivity index (χ4v) is 2.23. The third kappa shape index (κ3) is 4.50. The van der Waals surface area contributed by atoms with Gasteiger partial charge in [0.2, 0.25) is 5.91 Å². The number of nitrogens with zero attached hydrogens (tertiary/aromatic N) is 1. The molecule has 1 aromatic carbocycles. The number of amides is 1.